The molecule has 0 bridgehead atoms. The first-order valence-corrected chi connectivity index (χ1v) is 5.18. The molecule has 0 amide bonds. The first-order valence-electron chi connectivity index (χ1n) is 5.18. The molecule has 0 saturated carbocycles. The minimum atomic E-state index is -0.265. The lowest BCUT2D eigenvalue weighted by atomic mass is 10.1. The van der Waals surface area contributed by atoms with Crippen LogP contribution in [0.1, 0.15) is 40.0 Å². The smallest absolute Gasteiger partial charge is 0.352 e. The number of hydrogen-bond acceptors (Lipinski definition) is 3. The molecule has 0 saturated heterocycles. The quantitative estimate of drug-likeness (QED) is 0.527. The molecule has 0 unspecified atom stereocenters. The summed E-state index contributed by atoms with van der Waals surface area (Å²) in [5, 5.41) is 0. The van der Waals surface area contributed by atoms with Crippen LogP contribution in [-0.2, 0) is 9.63 Å². The zero-order valence-corrected chi connectivity index (χ0v) is 9.59. The largest absolute Gasteiger partial charge is 0.367 e. The molecule has 0 aromatic carbocycles. The molecule has 3 nitrogen and oxygen atoms in total. The first kappa shape index (κ1) is 13.2. The fourth-order valence-corrected chi connectivity index (χ4v) is 1.12. The van der Waals surface area contributed by atoms with E-state index < -0.39 is 0 Å². The van der Waals surface area contributed by atoms with Gasteiger partial charge < -0.3 is 4.84 Å². The summed E-state index contributed by atoms with van der Waals surface area (Å²) in [6.45, 7) is 6.30. The number of hydrogen-bond donors (Lipinski definition) is 1. The SMILES string of the molecule is CCC(=CCCC(C)C)C(=O)ONC. The van der Waals surface area contributed by atoms with Crippen LogP contribution in [-0.4, -0.2) is 13.0 Å². The third-order valence-corrected chi connectivity index (χ3v) is 1.97. The molecule has 0 radical (unpaired) electrons. The Hall–Kier alpha value is -0.830. The van der Waals surface area contributed by atoms with Crippen molar-refractivity contribution in [3.8, 4) is 0 Å². The van der Waals surface area contributed by atoms with E-state index in [-0.39, 0.29) is 5.97 Å². The fraction of sp³-hybridized carbons (Fsp3) is 0.727. The molecule has 0 atom stereocenters. The molecule has 14 heavy (non-hydrogen) atoms. The lowest BCUT2D eigenvalue weighted by molar-refractivity contribution is -0.145. The van der Waals surface area contributed by atoms with Crippen LogP contribution in [0.25, 0.3) is 0 Å². The number of hydroxylamine groups is 1. The fourth-order valence-electron chi connectivity index (χ4n) is 1.12. The van der Waals surface area contributed by atoms with Gasteiger partial charge in [0.05, 0.1) is 0 Å². The Kier molecular flexibility index (Phi) is 7.11. The lowest BCUT2D eigenvalue weighted by Crippen LogP contribution is -2.16. The van der Waals surface area contributed by atoms with Gasteiger partial charge in [-0.1, -0.05) is 26.8 Å². The van der Waals surface area contributed by atoms with Gasteiger partial charge in [0, 0.05) is 12.6 Å². The van der Waals surface area contributed by atoms with Crippen molar-refractivity contribution in [3.63, 3.8) is 0 Å². The maximum Gasteiger partial charge on any atom is 0.352 e. The van der Waals surface area contributed by atoms with Gasteiger partial charge in [-0.15, -0.1) is 0 Å². The maximum atomic E-state index is 11.3. The van der Waals surface area contributed by atoms with E-state index in [1.807, 2.05) is 13.0 Å². The zero-order chi connectivity index (χ0) is 11.0. The van der Waals surface area contributed by atoms with E-state index >= 15 is 0 Å². The van der Waals surface area contributed by atoms with E-state index in [0.717, 1.165) is 24.8 Å². The average Bonchev–Trinajstić information content (AvgIpc) is 2.12. The van der Waals surface area contributed by atoms with Crippen LogP contribution < -0.4 is 5.48 Å². The summed E-state index contributed by atoms with van der Waals surface area (Å²) in [6.07, 6.45) is 4.74. The van der Waals surface area contributed by atoms with Gasteiger partial charge in [-0.05, 0) is 25.2 Å². The van der Waals surface area contributed by atoms with Crippen LogP contribution in [0.15, 0.2) is 11.6 Å². The van der Waals surface area contributed by atoms with Gasteiger partial charge in [-0.3, -0.25) is 0 Å². The summed E-state index contributed by atoms with van der Waals surface area (Å²) in [7, 11) is 1.58. The van der Waals surface area contributed by atoms with Crippen molar-refractivity contribution in [2.24, 2.45) is 5.92 Å². The second kappa shape index (κ2) is 7.56. The number of rotatable bonds is 6. The predicted octanol–water partition coefficient (Wildman–Crippen LogP) is 2.44. The minimum absolute atomic E-state index is 0.265. The monoisotopic (exact) mass is 199 g/mol. The molecule has 0 heterocycles. The Morgan fingerprint density at radius 1 is 1.50 bits per heavy atom. The summed E-state index contributed by atoms with van der Waals surface area (Å²) in [4.78, 5) is 16.0. The zero-order valence-electron chi connectivity index (χ0n) is 9.59. The van der Waals surface area contributed by atoms with Crippen LogP contribution in [0, 0.1) is 5.92 Å². The summed E-state index contributed by atoms with van der Waals surface area (Å²) < 4.78 is 0. The topological polar surface area (TPSA) is 38.3 Å². The van der Waals surface area contributed by atoms with Crippen LogP contribution in [0.5, 0.6) is 0 Å². The van der Waals surface area contributed by atoms with Gasteiger partial charge in [0.15, 0.2) is 0 Å². The highest BCUT2D eigenvalue weighted by Gasteiger charge is 2.07. The van der Waals surface area contributed by atoms with E-state index in [0.29, 0.717) is 5.92 Å². The van der Waals surface area contributed by atoms with Gasteiger partial charge in [0.1, 0.15) is 0 Å². The maximum absolute atomic E-state index is 11.3. The Bertz CT molecular complexity index is 197. The first-order chi connectivity index (χ1) is 6.61. The summed E-state index contributed by atoms with van der Waals surface area (Å²) in [6, 6.07) is 0. The summed E-state index contributed by atoms with van der Waals surface area (Å²) in [5.74, 6) is 0.406. The van der Waals surface area contributed by atoms with E-state index in [9.17, 15) is 4.79 Å². The number of carbonyl (C=O) groups is 1. The van der Waals surface area contributed by atoms with Crippen LogP contribution in [0.3, 0.4) is 0 Å². The lowest BCUT2D eigenvalue weighted by Gasteiger charge is -2.05. The van der Waals surface area contributed by atoms with Crippen molar-refractivity contribution in [1.29, 1.82) is 0 Å². The number of allylic oxidation sites excluding steroid dienone is 1. The van der Waals surface area contributed by atoms with Crippen molar-refractivity contribution in [1.82, 2.24) is 5.48 Å². The molecule has 82 valence electrons. The second-order valence-corrected chi connectivity index (χ2v) is 3.65. The van der Waals surface area contributed by atoms with E-state index in [1.165, 1.54) is 0 Å². The molecule has 0 aromatic heterocycles. The Balaban J connectivity index is 4.04. The summed E-state index contributed by atoms with van der Waals surface area (Å²) >= 11 is 0. The van der Waals surface area contributed by atoms with E-state index in [1.54, 1.807) is 7.05 Å². The molecule has 0 aliphatic heterocycles. The molecule has 0 aliphatic rings. The molecule has 1 N–H and O–H groups in total. The number of carbonyl (C=O) groups excluding carboxylic acids is 1. The highest BCUT2D eigenvalue weighted by Crippen LogP contribution is 2.09. The van der Waals surface area contributed by atoms with Crippen molar-refractivity contribution < 1.29 is 9.63 Å². The minimum Gasteiger partial charge on any atom is -0.367 e. The van der Waals surface area contributed by atoms with Gasteiger partial charge in [-0.25, -0.2) is 4.79 Å². The third-order valence-electron chi connectivity index (χ3n) is 1.97. The van der Waals surface area contributed by atoms with E-state index in [4.69, 9.17) is 4.84 Å². The van der Waals surface area contributed by atoms with Crippen LogP contribution in [0.4, 0.5) is 0 Å². The highest BCUT2D eigenvalue weighted by atomic mass is 16.7. The van der Waals surface area contributed by atoms with Gasteiger partial charge in [0.25, 0.3) is 0 Å². The van der Waals surface area contributed by atoms with E-state index in [2.05, 4.69) is 19.3 Å². The molecule has 0 fully saturated rings. The Labute approximate surface area is 86.5 Å². The molecule has 0 spiro atoms. The third kappa shape index (κ3) is 5.75. The Morgan fingerprint density at radius 2 is 2.14 bits per heavy atom. The van der Waals surface area contributed by atoms with Crippen molar-refractivity contribution in [2.75, 3.05) is 7.05 Å². The molecular weight excluding hydrogens is 178 g/mol. The summed E-state index contributed by atoms with van der Waals surface area (Å²) in [5.41, 5.74) is 3.14. The van der Waals surface area contributed by atoms with Crippen molar-refractivity contribution in [3.05, 3.63) is 11.6 Å². The van der Waals surface area contributed by atoms with Crippen LogP contribution >= 0.6 is 0 Å². The Morgan fingerprint density at radius 3 is 2.57 bits per heavy atom. The molecule has 0 aliphatic carbocycles. The number of nitrogens with one attached hydrogen (secondary N) is 1. The second-order valence-electron chi connectivity index (χ2n) is 3.65. The van der Waals surface area contributed by atoms with Crippen molar-refractivity contribution >= 4 is 5.97 Å². The molecule has 3 heteroatoms. The van der Waals surface area contributed by atoms with Crippen LogP contribution in [0.2, 0.25) is 0 Å². The van der Waals surface area contributed by atoms with Gasteiger partial charge in [0.2, 0.25) is 0 Å². The van der Waals surface area contributed by atoms with Gasteiger partial charge >= 0.3 is 5.97 Å². The van der Waals surface area contributed by atoms with Gasteiger partial charge in [-0.2, -0.15) is 5.48 Å². The van der Waals surface area contributed by atoms with Crippen molar-refractivity contribution in [2.45, 2.75) is 40.0 Å². The average molecular weight is 199 g/mol. The molecular formula is C11H21NO2. The molecule has 0 aromatic rings. The standard InChI is InChI=1S/C11H21NO2/c1-5-10(11(13)14-12-4)8-6-7-9(2)3/h8-9,12H,5-7H2,1-4H3. The molecule has 0 rings (SSSR count). The normalized spacial score (nSPS) is 11.9. The predicted molar refractivity (Wildman–Crippen MR) is 57.6 cm³/mol. The highest BCUT2D eigenvalue weighted by molar-refractivity contribution is 5.88.